The fraction of sp³-hybridized carbons (Fsp3) is 0.765. The molecular formula is C17H30N4O2. The summed E-state index contributed by atoms with van der Waals surface area (Å²) in [7, 11) is 1.94. The van der Waals surface area contributed by atoms with E-state index < -0.39 is 5.60 Å². The number of ether oxygens (including phenoxy) is 1. The largest absolute Gasteiger partial charge is 0.444 e. The molecule has 0 aromatic carbocycles. The Morgan fingerprint density at radius 3 is 2.83 bits per heavy atom. The molecule has 2 heterocycles. The summed E-state index contributed by atoms with van der Waals surface area (Å²) in [6.45, 7) is 8.22. The first-order valence-electron chi connectivity index (χ1n) is 8.52. The molecular weight excluding hydrogens is 292 g/mol. The van der Waals surface area contributed by atoms with Crippen molar-refractivity contribution in [2.24, 2.45) is 7.05 Å². The highest BCUT2D eigenvalue weighted by atomic mass is 16.6. The van der Waals surface area contributed by atoms with Gasteiger partial charge in [0.05, 0.1) is 6.20 Å². The molecule has 1 aromatic heterocycles. The van der Waals surface area contributed by atoms with Crippen LogP contribution >= 0.6 is 0 Å². The van der Waals surface area contributed by atoms with Crippen molar-refractivity contribution in [2.45, 2.75) is 58.1 Å². The molecule has 0 aliphatic carbocycles. The van der Waals surface area contributed by atoms with Gasteiger partial charge in [-0.1, -0.05) is 0 Å². The second kappa shape index (κ2) is 7.81. The highest BCUT2D eigenvalue weighted by Gasteiger charge is 2.24. The van der Waals surface area contributed by atoms with Crippen molar-refractivity contribution >= 4 is 6.09 Å². The molecule has 1 aromatic rings. The normalized spacial score (nSPS) is 19.5. The van der Waals surface area contributed by atoms with E-state index >= 15 is 0 Å². The van der Waals surface area contributed by atoms with Crippen molar-refractivity contribution in [1.82, 2.24) is 20.0 Å². The van der Waals surface area contributed by atoms with Crippen molar-refractivity contribution < 1.29 is 9.53 Å². The van der Waals surface area contributed by atoms with E-state index in [1.54, 1.807) is 0 Å². The number of rotatable bonds is 4. The predicted octanol–water partition coefficient (Wildman–Crippen LogP) is 2.34. The van der Waals surface area contributed by atoms with E-state index in [0.717, 1.165) is 45.3 Å². The van der Waals surface area contributed by atoms with Crippen LogP contribution in [0.15, 0.2) is 12.4 Å². The molecule has 2 rings (SSSR count). The van der Waals surface area contributed by atoms with Crippen LogP contribution in [0, 0.1) is 0 Å². The highest BCUT2D eigenvalue weighted by molar-refractivity contribution is 5.68. The van der Waals surface area contributed by atoms with Gasteiger partial charge in [0.2, 0.25) is 0 Å². The van der Waals surface area contributed by atoms with Gasteiger partial charge >= 0.3 is 6.09 Å². The van der Waals surface area contributed by atoms with Crippen molar-refractivity contribution in [3.05, 3.63) is 18.0 Å². The van der Waals surface area contributed by atoms with Crippen LogP contribution in [0.25, 0.3) is 0 Å². The Labute approximate surface area is 139 Å². The summed E-state index contributed by atoms with van der Waals surface area (Å²) in [5, 5.41) is 7.80. The second-order valence-corrected chi connectivity index (χ2v) is 7.32. The van der Waals surface area contributed by atoms with Gasteiger partial charge in [0.1, 0.15) is 5.60 Å². The first-order chi connectivity index (χ1) is 10.8. The van der Waals surface area contributed by atoms with Gasteiger partial charge in [-0.25, -0.2) is 4.79 Å². The lowest BCUT2D eigenvalue weighted by molar-refractivity contribution is 0.0256. The Bertz CT molecular complexity index is 507. The molecule has 1 unspecified atom stereocenters. The van der Waals surface area contributed by atoms with Gasteiger partial charge in [-0.3, -0.25) is 4.68 Å². The van der Waals surface area contributed by atoms with Crippen molar-refractivity contribution in [3.63, 3.8) is 0 Å². The SMILES string of the molecule is Cn1cc(CCNC2CCCN(C(=O)OC(C)(C)C)CC2)cn1. The molecule has 23 heavy (non-hydrogen) atoms. The summed E-state index contributed by atoms with van der Waals surface area (Å²) in [5.74, 6) is 0. The fourth-order valence-corrected chi connectivity index (χ4v) is 2.83. The van der Waals surface area contributed by atoms with Crippen LogP contribution in [0.5, 0.6) is 0 Å². The molecule has 6 nitrogen and oxygen atoms in total. The average Bonchev–Trinajstić information content (AvgIpc) is 2.71. The van der Waals surface area contributed by atoms with Crippen LogP contribution in [0.2, 0.25) is 0 Å². The van der Waals surface area contributed by atoms with E-state index in [-0.39, 0.29) is 6.09 Å². The van der Waals surface area contributed by atoms with E-state index in [9.17, 15) is 4.79 Å². The summed E-state index contributed by atoms with van der Waals surface area (Å²) in [5.41, 5.74) is 0.828. The number of carbonyl (C=O) groups excluding carboxylic acids is 1. The summed E-state index contributed by atoms with van der Waals surface area (Å²) < 4.78 is 7.30. The summed E-state index contributed by atoms with van der Waals surface area (Å²) in [6, 6.07) is 0.471. The van der Waals surface area contributed by atoms with E-state index in [4.69, 9.17) is 4.74 Å². The van der Waals surface area contributed by atoms with E-state index in [2.05, 4.69) is 16.6 Å². The lowest BCUT2D eigenvalue weighted by atomic mass is 10.1. The topological polar surface area (TPSA) is 59.4 Å². The number of aromatic nitrogens is 2. The minimum Gasteiger partial charge on any atom is -0.444 e. The lowest BCUT2D eigenvalue weighted by Crippen LogP contribution is -2.38. The summed E-state index contributed by atoms with van der Waals surface area (Å²) in [6.07, 6.45) is 7.87. The first-order valence-corrected chi connectivity index (χ1v) is 8.52. The van der Waals surface area contributed by atoms with Gasteiger partial charge in [-0.2, -0.15) is 5.10 Å². The third-order valence-corrected chi connectivity index (χ3v) is 3.98. The summed E-state index contributed by atoms with van der Waals surface area (Å²) in [4.78, 5) is 14.0. The number of nitrogens with one attached hydrogen (secondary N) is 1. The molecule has 1 atom stereocenters. The molecule has 1 N–H and O–H groups in total. The fourth-order valence-electron chi connectivity index (χ4n) is 2.83. The molecule has 1 aliphatic heterocycles. The highest BCUT2D eigenvalue weighted by Crippen LogP contribution is 2.15. The van der Waals surface area contributed by atoms with Crippen molar-refractivity contribution in [1.29, 1.82) is 0 Å². The smallest absolute Gasteiger partial charge is 0.410 e. The summed E-state index contributed by atoms with van der Waals surface area (Å²) >= 11 is 0. The van der Waals surface area contributed by atoms with Crippen LogP contribution in [0.4, 0.5) is 4.79 Å². The van der Waals surface area contributed by atoms with Crippen molar-refractivity contribution in [3.8, 4) is 0 Å². The number of nitrogens with zero attached hydrogens (tertiary/aromatic N) is 3. The number of carbonyl (C=O) groups is 1. The van der Waals surface area contributed by atoms with Crippen LogP contribution in [-0.4, -0.2) is 52.1 Å². The molecule has 0 saturated carbocycles. The first kappa shape index (κ1) is 17.8. The molecule has 1 fully saturated rings. The second-order valence-electron chi connectivity index (χ2n) is 7.32. The van der Waals surface area contributed by atoms with Gasteiger partial charge in [-0.05, 0) is 58.6 Å². The molecule has 1 aliphatic rings. The third-order valence-electron chi connectivity index (χ3n) is 3.98. The quantitative estimate of drug-likeness (QED) is 0.924. The Morgan fingerprint density at radius 1 is 1.39 bits per heavy atom. The standard InChI is InChI=1S/C17H30N4O2/c1-17(2,3)23-16(22)21-10-5-6-15(8-11-21)18-9-7-14-12-19-20(4)13-14/h12-13,15,18H,5-11H2,1-4H3. The van der Waals surface area contributed by atoms with E-state index in [1.165, 1.54) is 5.56 Å². The Hall–Kier alpha value is -1.56. The van der Waals surface area contributed by atoms with Crippen molar-refractivity contribution in [2.75, 3.05) is 19.6 Å². The molecule has 1 saturated heterocycles. The number of aryl methyl sites for hydroxylation is 1. The lowest BCUT2D eigenvalue weighted by Gasteiger charge is -2.26. The van der Waals surface area contributed by atoms with Crippen LogP contribution in [-0.2, 0) is 18.2 Å². The monoisotopic (exact) mass is 322 g/mol. The Balaban J connectivity index is 1.72. The maximum atomic E-state index is 12.1. The maximum Gasteiger partial charge on any atom is 0.410 e. The number of amides is 1. The van der Waals surface area contributed by atoms with Gasteiger partial charge in [0.15, 0.2) is 0 Å². The Kier molecular flexibility index (Phi) is 6.04. The van der Waals surface area contributed by atoms with Gasteiger partial charge in [0.25, 0.3) is 0 Å². The number of likely N-dealkylation sites (tertiary alicyclic amines) is 1. The Morgan fingerprint density at radius 2 is 2.17 bits per heavy atom. The van der Waals surface area contributed by atoms with Gasteiger partial charge in [0, 0.05) is 32.4 Å². The molecule has 0 radical (unpaired) electrons. The zero-order valence-corrected chi connectivity index (χ0v) is 14.8. The molecule has 130 valence electrons. The molecule has 0 bridgehead atoms. The van der Waals surface area contributed by atoms with Gasteiger partial charge < -0.3 is 15.0 Å². The third kappa shape index (κ3) is 6.22. The predicted molar refractivity (Wildman–Crippen MR) is 90.4 cm³/mol. The van der Waals surface area contributed by atoms with Crippen LogP contribution in [0.1, 0.15) is 45.6 Å². The molecule has 6 heteroatoms. The van der Waals surface area contributed by atoms with Crippen LogP contribution < -0.4 is 5.32 Å². The maximum absolute atomic E-state index is 12.1. The zero-order chi connectivity index (χ0) is 16.9. The van der Waals surface area contributed by atoms with Crippen LogP contribution in [0.3, 0.4) is 0 Å². The number of hydrogen-bond donors (Lipinski definition) is 1. The van der Waals surface area contributed by atoms with E-state index in [1.807, 2.05) is 43.6 Å². The van der Waals surface area contributed by atoms with E-state index in [0.29, 0.717) is 6.04 Å². The minimum atomic E-state index is -0.426. The average molecular weight is 322 g/mol. The van der Waals surface area contributed by atoms with Gasteiger partial charge in [-0.15, -0.1) is 0 Å². The molecule has 1 amide bonds. The zero-order valence-electron chi connectivity index (χ0n) is 14.8. The number of hydrogen-bond acceptors (Lipinski definition) is 4. The molecule has 0 spiro atoms. The minimum absolute atomic E-state index is 0.187.